The van der Waals surface area contributed by atoms with E-state index in [1.54, 1.807) is 4.57 Å². The lowest BCUT2D eigenvalue weighted by Crippen LogP contribution is -2.23. The van der Waals surface area contributed by atoms with E-state index in [1.165, 1.54) is 17.3 Å². The van der Waals surface area contributed by atoms with Crippen LogP contribution in [0.15, 0.2) is 63.0 Å². The molecule has 0 saturated heterocycles. The van der Waals surface area contributed by atoms with Crippen LogP contribution in [0, 0.1) is 6.92 Å². The molecule has 0 aliphatic rings. The van der Waals surface area contributed by atoms with Crippen LogP contribution >= 0.6 is 11.8 Å². The summed E-state index contributed by atoms with van der Waals surface area (Å²) < 4.78 is 9.04. The summed E-state index contributed by atoms with van der Waals surface area (Å²) in [5.41, 5.74) is 2.82. The lowest BCUT2D eigenvalue weighted by Gasteiger charge is -2.10. The molecule has 0 amide bonds. The van der Waals surface area contributed by atoms with Crippen LogP contribution in [0.2, 0.25) is 0 Å². The molecule has 0 fully saturated rings. The minimum absolute atomic E-state index is 0.0476. The van der Waals surface area contributed by atoms with Gasteiger partial charge in [0.25, 0.3) is 5.56 Å². The molecule has 8 nitrogen and oxygen atoms in total. The highest BCUT2D eigenvalue weighted by molar-refractivity contribution is 7.98. The molecule has 3 heterocycles. The van der Waals surface area contributed by atoms with E-state index in [0.717, 1.165) is 17.5 Å². The largest absolute Gasteiger partial charge is 0.338 e. The molecule has 0 aliphatic carbocycles. The van der Waals surface area contributed by atoms with Gasteiger partial charge >= 0.3 is 0 Å². The van der Waals surface area contributed by atoms with E-state index >= 15 is 0 Å². The number of aromatic nitrogens is 6. The average molecular weight is 433 g/mol. The molecule has 3 aromatic heterocycles. The van der Waals surface area contributed by atoms with Gasteiger partial charge < -0.3 is 4.52 Å². The van der Waals surface area contributed by atoms with Crippen molar-refractivity contribution in [2.45, 2.75) is 37.7 Å². The van der Waals surface area contributed by atoms with Crippen LogP contribution in [-0.4, -0.2) is 29.3 Å². The van der Waals surface area contributed by atoms with Gasteiger partial charge in [-0.05, 0) is 25.5 Å². The Hall–Kier alpha value is -3.46. The van der Waals surface area contributed by atoms with Gasteiger partial charge in [0.15, 0.2) is 5.16 Å². The molecule has 0 radical (unpaired) electrons. The summed E-state index contributed by atoms with van der Waals surface area (Å²) in [6, 6.07) is 15.5. The first-order chi connectivity index (χ1) is 15.2. The molecule has 0 N–H and O–H groups in total. The number of benzene rings is 2. The van der Waals surface area contributed by atoms with Gasteiger partial charge in [0, 0.05) is 12.1 Å². The molecular weight excluding hydrogens is 412 g/mol. The molecule has 5 rings (SSSR count). The monoisotopic (exact) mass is 432 g/mol. The van der Waals surface area contributed by atoms with Crippen LogP contribution in [0.25, 0.3) is 28.1 Å². The molecule has 0 spiro atoms. The van der Waals surface area contributed by atoms with E-state index in [1.807, 2.05) is 66.8 Å². The zero-order chi connectivity index (χ0) is 21.4. The number of thioether (sulfide) groups is 1. The van der Waals surface area contributed by atoms with Crippen molar-refractivity contribution < 1.29 is 4.52 Å². The second-order valence-electron chi connectivity index (χ2n) is 7.26. The number of hydrogen-bond donors (Lipinski definition) is 0. The van der Waals surface area contributed by atoms with E-state index in [2.05, 4.69) is 20.3 Å². The van der Waals surface area contributed by atoms with Crippen molar-refractivity contribution in [2.24, 2.45) is 0 Å². The minimum atomic E-state index is -0.0476. The smallest absolute Gasteiger partial charge is 0.262 e. The third kappa shape index (κ3) is 3.50. The van der Waals surface area contributed by atoms with Gasteiger partial charge in [-0.1, -0.05) is 65.8 Å². The normalized spacial score (nSPS) is 11.5. The molecule has 0 bridgehead atoms. The molecule has 2 aromatic carbocycles. The van der Waals surface area contributed by atoms with Crippen LogP contribution in [0.5, 0.6) is 0 Å². The Morgan fingerprint density at radius 3 is 2.68 bits per heavy atom. The van der Waals surface area contributed by atoms with Gasteiger partial charge in [-0.15, -0.1) is 10.2 Å². The van der Waals surface area contributed by atoms with Gasteiger partial charge in [-0.2, -0.15) is 4.98 Å². The summed E-state index contributed by atoms with van der Waals surface area (Å²) in [5.74, 6) is 2.05. The summed E-state index contributed by atoms with van der Waals surface area (Å²) >= 11 is 1.45. The lowest BCUT2D eigenvalue weighted by atomic mass is 10.1. The molecule has 31 heavy (non-hydrogen) atoms. The third-order valence-corrected chi connectivity index (χ3v) is 5.94. The fourth-order valence-corrected chi connectivity index (χ4v) is 4.29. The maximum atomic E-state index is 12.9. The Morgan fingerprint density at radius 2 is 1.87 bits per heavy atom. The van der Waals surface area contributed by atoms with Crippen molar-refractivity contribution in [3.8, 4) is 11.4 Å². The fourth-order valence-electron chi connectivity index (χ4n) is 3.51. The average Bonchev–Trinajstić information content (AvgIpc) is 3.43. The summed E-state index contributed by atoms with van der Waals surface area (Å²) in [6.45, 7) is 4.65. The molecule has 156 valence electrons. The molecule has 0 atom stereocenters. The van der Waals surface area contributed by atoms with Crippen LogP contribution in [-0.2, 0) is 12.3 Å². The van der Waals surface area contributed by atoms with E-state index in [0.29, 0.717) is 40.3 Å². The Balaban J connectivity index is 1.49. The first-order valence-electron chi connectivity index (χ1n) is 10.0. The first kappa shape index (κ1) is 19.5. The van der Waals surface area contributed by atoms with Crippen LogP contribution < -0.4 is 5.56 Å². The number of para-hydroxylation sites is 1. The lowest BCUT2D eigenvalue weighted by molar-refractivity contribution is 0.391. The van der Waals surface area contributed by atoms with E-state index in [4.69, 9.17) is 4.52 Å². The number of rotatable bonds is 6. The van der Waals surface area contributed by atoms with Crippen LogP contribution in [0.4, 0.5) is 0 Å². The molecule has 0 unspecified atom stereocenters. The van der Waals surface area contributed by atoms with Crippen molar-refractivity contribution in [3.05, 3.63) is 70.3 Å². The minimum Gasteiger partial charge on any atom is -0.338 e. The summed E-state index contributed by atoms with van der Waals surface area (Å²) in [7, 11) is 0. The van der Waals surface area contributed by atoms with Gasteiger partial charge in [0.05, 0.1) is 16.7 Å². The predicted octanol–water partition coefficient (Wildman–Crippen LogP) is 4.10. The van der Waals surface area contributed by atoms with E-state index in [9.17, 15) is 4.79 Å². The van der Waals surface area contributed by atoms with Gasteiger partial charge in [0.1, 0.15) is 0 Å². The Morgan fingerprint density at radius 1 is 1.06 bits per heavy atom. The third-order valence-electron chi connectivity index (χ3n) is 5.03. The van der Waals surface area contributed by atoms with Gasteiger partial charge in [0.2, 0.25) is 17.5 Å². The van der Waals surface area contributed by atoms with Crippen molar-refractivity contribution in [2.75, 3.05) is 0 Å². The zero-order valence-electron chi connectivity index (χ0n) is 17.1. The highest BCUT2D eigenvalue weighted by Crippen LogP contribution is 2.25. The highest BCUT2D eigenvalue weighted by atomic mass is 32.2. The summed E-state index contributed by atoms with van der Waals surface area (Å²) in [6.07, 6.45) is 0.826. The number of hydrogen-bond acceptors (Lipinski definition) is 7. The topological polar surface area (TPSA) is 91.1 Å². The number of fused-ring (bicyclic) bond motifs is 3. The maximum Gasteiger partial charge on any atom is 0.262 e. The first-order valence-corrected chi connectivity index (χ1v) is 11.0. The molecule has 9 heteroatoms. The highest BCUT2D eigenvalue weighted by Gasteiger charge is 2.17. The van der Waals surface area contributed by atoms with Gasteiger partial charge in [-0.25, -0.2) is 0 Å². The Bertz CT molecular complexity index is 1430. The predicted molar refractivity (Wildman–Crippen MR) is 119 cm³/mol. The SMILES string of the molecule is CCCn1c(=O)c2ccccc2n2c(SCc3nc(-c4ccc(C)cc4)no3)nnc12. The molecular formula is C22H20N6O2S. The van der Waals surface area contributed by atoms with Crippen molar-refractivity contribution in [3.63, 3.8) is 0 Å². The van der Waals surface area contributed by atoms with E-state index in [-0.39, 0.29) is 5.56 Å². The van der Waals surface area contributed by atoms with Crippen molar-refractivity contribution in [1.29, 1.82) is 0 Å². The quantitative estimate of drug-likeness (QED) is 0.373. The fraction of sp³-hybridized carbons (Fsp3) is 0.227. The Kier molecular flexibility index (Phi) is 5.03. The van der Waals surface area contributed by atoms with Crippen molar-refractivity contribution in [1.82, 2.24) is 29.3 Å². The number of aryl methyl sites for hydroxylation is 2. The van der Waals surface area contributed by atoms with Crippen LogP contribution in [0.1, 0.15) is 24.8 Å². The molecule has 0 saturated carbocycles. The maximum absolute atomic E-state index is 12.9. The van der Waals surface area contributed by atoms with E-state index < -0.39 is 0 Å². The summed E-state index contributed by atoms with van der Waals surface area (Å²) in [5, 5.41) is 14.1. The molecule has 5 aromatic rings. The Labute approximate surface area is 181 Å². The van der Waals surface area contributed by atoms with Crippen LogP contribution in [0.3, 0.4) is 0 Å². The number of nitrogens with zero attached hydrogens (tertiary/aromatic N) is 6. The zero-order valence-corrected chi connectivity index (χ0v) is 18.0. The van der Waals surface area contributed by atoms with Gasteiger partial charge in [-0.3, -0.25) is 13.8 Å². The second-order valence-corrected chi connectivity index (χ2v) is 8.20. The van der Waals surface area contributed by atoms with Crippen molar-refractivity contribution >= 4 is 28.4 Å². The summed E-state index contributed by atoms with van der Waals surface area (Å²) in [4.78, 5) is 17.4. The second kappa shape index (κ2) is 7.99. The molecule has 0 aliphatic heterocycles. The standard InChI is InChI=1S/C22H20N6O2S/c1-3-12-27-20(29)16-6-4-5-7-17(16)28-21(27)24-25-22(28)31-13-18-23-19(26-30-18)15-10-8-14(2)9-11-15/h4-11H,3,12-13H2,1-2H3.